The van der Waals surface area contributed by atoms with Crippen LogP contribution in [-0.4, -0.2) is 13.0 Å². The molecule has 1 N–H and O–H groups in total. The van der Waals surface area contributed by atoms with Gasteiger partial charge in [0.15, 0.2) is 0 Å². The van der Waals surface area contributed by atoms with Crippen LogP contribution in [0.3, 0.4) is 0 Å². The highest BCUT2D eigenvalue weighted by Crippen LogP contribution is 2.19. The maximum Gasteiger partial charge on any atom is 0.224 e. The predicted molar refractivity (Wildman–Crippen MR) is 110 cm³/mol. The van der Waals surface area contributed by atoms with E-state index in [0.29, 0.717) is 19.6 Å². The third-order valence-corrected chi connectivity index (χ3v) is 4.56. The average Bonchev–Trinajstić information content (AvgIpc) is 2.73. The predicted octanol–water partition coefficient (Wildman–Crippen LogP) is 4.58. The first-order valence-electron chi connectivity index (χ1n) is 9.40. The van der Waals surface area contributed by atoms with Crippen molar-refractivity contribution in [3.8, 4) is 11.5 Å². The van der Waals surface area contributed by atoms with Gasteiger partial charge in [-0.05, 0) is 59.5 Å². The Balaban J connectivity index is 1.46. The van der Waals surface area contributed by atoms with Crippen LogP contribution in [0.1, 0.15) is 22.3 Å². The van der Waals surface area contributed by atoms with Crippen molar-refractivity contribution in [1.29, 1.82) is 0 Å². The molecule has 150 valence electrons. The largest absolute Gasteiger partial charge is 0.496 e. The van der Waals surface area contributed by atoms with Gasteiger partial charge < -0.3 is 14.8 Å². The molecule has 0 aromatic heterocycles. The van der Waals surface area contributed by atoms with Gasteiger partial charge in [0, 0.05) is 6.54 Å². The fourth-order valence-corrected chi connectivity index (χ4v) is 2.95. The van der Waals surface area contributed by atoms with Crippen molar-refractivity contribution in [3.05, 3.63) is 94.8 Å². The Hall–Kier alpha value is -3.34. The standard InChI is InChI=1S/C24H24FNO3/c1-17-13-20(7-12-23(17)28-2)14-24(27)26-15-18-5-10-22(11-6-18)29-16-19-3-8-21(25)9-4-19/h3-13H,14-16H2,1-2H3,(H,26,27). The van der Waals surface area contributed by atoms with Crippen molar-refractivity contribution >= 4 is 5.91 Å². The van der Waals surface area contributed by atoms with Crippen molar-refractivity contribution in [1.82, 2.24) is 5.32 Å². The number of carbonyl (C=O) groups is 1. The second-order valence-corrected chi connectivity index (χ2v) is 6.82. The summed E-state index contributed by atoms with van der Waals surface area (Å²) in [7, 11) is 1.63. The highest BCUT2D eigenvalue weighted by Gasteiger charge is 2.06. The van der Waals surface area contributed by atoms with Crippen molar-refractivity contribution in [2.45, 2.75) is 26.5 Å². The van der Waals surface area contributed by atoms with Crippen LogP contribution in [-0.2, 0) is 24.4 Å². The van der Waals surface area contributed by atoms with Crippen LogP contribution >= 0.6 is 0 Å². The summed E-state index contributed by atoms with van der Waals surface area (Å²) in [4.78, 5) is 12.2. The smallest absolute Gasteiger partial charge is 0.224 e. The van der Waals surface area contributed by atoms with Crippen LogP contribution in [0.4, 0.5) is 4.39 Å². The molecule has 0 bridgehead atoms. The van der Waals surface area contributed by atoms with E-state index >= 15 is 0 Å². The van der Waals surface area contributed by atoms with E-state index in [1.165, 1.54) is 12.1 Å². The van der Waals surface area contributed by atoms with E-state index in [1.54, 1.807) is 19.2 Å². The fraction of sp³-hybridized carbons (Fsp3) is 0.208. The Kier molecular flexibility index (Phi) is 6.85. The highest BCUT2D eigenvalue weighted by atomic mass is 19.1. The number of methoxy groups -OCH3 is 1. The average molecular weight is 393 g/mol. The number of benzene rings is 3. The molecule has 0 spiro atoms. The lowest BCUT2D eigenvalue weighted by Gasteiger charge is -2.10. The van der Waals surface area contributed by atoms with E-state index in [9.17, 15) is 9.18 Å². The minimum Gasteiger partial charge on any atom is -0.496 e. The van der Waals surface area contributed by atoms with Gasteiger partial charge in [-0.3, -0.25) is 4.79 Å². The Labute approximate surface area is 170 Å². The first-order chi connectivity index (χ1) is 14.0. The Bertz CT molecular complexity index is 953. The zero-order chi connectivity index (χ0) is 20.6. The number of hydrogen-bond donors (Lipinski definition) is 1. The molecule has 0 fully saturated rings. The van der Waals surface area contributed by atoms with E-state index < -0.39 is 0 Å². The summed E-state index contributed by atoms with van der Waals surface area (Å²) in [5, 5.41) is 2.93. The van der Waals surface area contributed by atoms with Crippen LogP contribution in [0, 0.1) is 12.7 Å². The molecule has 3 rings (SSSR count). The number of carbonyl (C=O) groups excluding carboxylic acids is 1. The number of aryl methyl sites for hydroxylation is 1. The van der Waals surface area contributed by atoms with Gasteiger partial charge in [0.1, 0.15) is 23.9 Å². The Morgan fingerprint density at radius 2 is 1.59 bits per heavy atom. The molecular formula is C24H24FNO3. The van der Waals surface area contributed by atoms with Gasteiger partial charge in [-0.2, -0.15) is 0 Å². The van der Waals surface area contributed by atoms with E-state index in [-0.39, 0.29) is 11.7 Å². The Morgan fingerprint density at radius 1 is 0.931 bits per heavy atom. The van der Waals surface area contributed by atoms with Gasteiger partial charge in [0.2, 0.25) is 5.91 Å². The van der Waals surface area contributed by atoms with Crippen molar-refractivity contribution in [2.75, 3.05) is 7.11 Å². The van der Waals surface area contributed by atoms with Crippen LogP contribution in [0.2, 0.25) is 0 Å². The summed E-state index contributed by atoms with van der Waals surface area (Å²) in [5.41, 5.74) is 3.84. The number of hydrogen-bond acceptors (Lipinski definition) is 3. The lowest BCUT2D eigenvalue weighted by atomic mass is 10.1. The second kappa shape index (κ2) is 9.73. The molecule has 0 heterocycles. The third-order valence-electron chi connectivity index (χ3n) is 4.56. The monoisotopic (exact) mass is 393 g/mol. The van der Waals surface area contributed by atoms with E-state index in [1.807, 2.05) is 49.4 Å². The number of halogens is 1. The van der Waals surface area contributed by atoms with Gasteiger partial charge in [-0.15, -0.1) is 0 Å². The van der Waals surface area contributed by atoms with Gasteiger partial charge in [-0.1, -0.05) is 36.4 Å². The van der Waals surface area contributed by atoms with Crippen LogP contribution in [0.5, 0.6) is 11.5 Å². The number of amides is 1. The zero-order valence-electron chi connectivity index (χ0n) is 16.6. The molecule has 29 heavy (non-hydrogen) atoms. The SMILES string of the molecule is COc1ccc(CC(=O)NCc2ccc(OCc3ccc(F)cc3)cc2)cc1C. The summed E-state index contributed by atoms with van der Waals surface area (Å²) in [6.07, 6.45) is 0.323. The molecule has 0 saturated carbocycles. The Morgan fingerprint density at radius 3 is 2.24 bits per heavy atom. The molecule has 0 saturated heterocycles. The van der Waals surface area contributed by atoms with Gasteiger partial charge in [0.25, 0.3) is 0 Å². The molecule has 3 aromatic carbocycles. The van der Waals surface area contributed by atoms with E-state index in [0.717, 1.165) is 33.8 Å². The molecule has 4 nitrogen and oxygen atoms in total. The first kappa shape index (κ1) is 20.4. The zero-order valence-corrected chi connectivity index (χ0v) is 16.6. The van der Waals surface area contributed by atoms with Gasteiger partial charge in [0.05, 0.1) is 13.5 Å². The fourth-order valence-electron chi connectivity index (χ4n) is 2.95. The number of ether oxygens (including phenoxy) is 2. The summed E-state index contributed by atoms with van der Waals surface area (Å²) >= 11 is 0. The summed E-state index contributed by atoms with van der Waals surface area (Å²) < 4.78 is 23.9. The van der Waals surface area contributed by atoms with Crippen LogP contribution < -0.4 is 14.8 Å². The van der Waals surface area contributed by atoms with Gasteiger partial charge in [-0.25, -0.2) is 4.39 Å². The minimum absolute atomic E-state index is 0.0359. The number of rotatable bonds is 8. The molecule has 0 aliphatic heterocycles. The van der Waals surface area contributed by atoms with Crippen molar-refractivity contribution in [2.24, 2.45) is 0 Å². The number of nitrogens with one attached hydrogen (secondary N) is 1. The van der Waals surface area contributed by atoms with Crippen molar-refractivity contribution in [3.63, 3.8) is 0 Å². The minimum atomic E-state index is -0.262. The maximum absolute atomic E-state index is 12.9. The lowest BCUT2D eigenvalue weighted by Crippen LogP contribution is -2.24. The molecular weight excluding hydrogens is 369 g/mol. The van der Waals surface area contributed by atoms with Crippen molar-refractivity contribution < 1.29 is 18.7 Å². The molecule has 5 heteroatoms. The quantitative estimate of drug-likeness (QED) is 0.609. The summed E-state index contributed by atoms with van der Waals surface area (Å²) in [6.45, 7) is 2.78. The summed E-state index contributed by atoms with van der Waals surface area (Å²) in [6, 6.07) is 19.5. The first-order valence-corrected chi connectivity index (χ1v) is 9.40. The lowest BCUT2D eigenvalue weighted by molar-refractivity contribution is -0.120. The molecule has 0 radical (unpaired) electrons. The molecule has 0 unspecified atom stereocenters. The second-order valence-electron chi connectivity index (χ2n) is 6.82. The normalized spacial score (nSPS) is 10.4. The highest BCUT2D eigenvalue weighted by molar-refractivity contribution is 5.78. The van der Waals surface area contributed by atoms with Gasteiger partial charge >= 0.3 is 0 Å². The van der Waals surface area contributed by atoms with Crippen LogP contribution in [0.15, 0.2) is 66.7 Å². The molecule has 0 aliphatic rings. The molecule has 0 aliphatic carbocycles. The molecule has 1 amide bonds. The van der Waals surface area contributed by atoms with E-state index in [4.69, 9.17) is 9.47 Å². The maximum atomic E-state index is 12.9. The summed E-state index contributed by atoms with van der Waals surface area (Å²) in [5.74, 6) is 1.24. The van der Waals surface area contributed by atoms with Crippen LogP contribution in [0.25, 0.3) is 0 Å². The molecule has 3 aromatic rings. The topological polar surface area (TPSA) is 47.6 Å². The van der Waals surface area contributed by atoms with E-state index in [2.05, 4.69) is 5.32 Å². The molecule has 0 atom stereocenters. The third kappa shape index (κ3) is 6.07.